The molecule has 116 valence electrons. The Labute approximate surface area is 132 Å². The Morgan fingerprint density at radius 1 is 1.33 bits per heavy atom. The van der Waals surface area contributed by atoms with Crippen LogP contribution in [0.4, 0.5) is 4.39 Å². The van der Waals surface area contributed by atoms with Gasteiger partial charge in [0.1, 0.15) is 5.82 Å². The van der Waals surface area contributed by atoms with Crippen molar-refractivity contribution in [3.63, 3.8) is 0 Å². The number of allylic oxidation sites excluding steroid dienone is 2. The molecular formula is C18H26FNS. The third-order valence-corrected chi connectivity index (χ3v) is 4.31. The van der Waals surface area contributed by atoms with E-state index in [2.05, 4.69) is 38.6 Å². The normalized spacial score (nSPS) is 12.0. The van der Waals surface area contributed by atoms with E-state index in [0.29, 0.717) is 5.56 Å². The van der Waals surface area contributed by atoms with Crippen LogP contribution in [0.5, 0.6) is 0 Å². The van der Waals surface area contributed by atoms with E-state index < -0.39 is 0 Å². The Morgan fingerprint density at radius 3 is 2.62 bits per heavy atom. The van der Waals surface area contributed by atoms with Crippen molar-refractivity contribution in [2.24, 2.45) is 0 Å². The summed E-state index contributed by atoms with van der Waals surface area (Å²) < 4.78 is 13.9. The van der Waals surface area contributed by atoms with Crippen molar-refractivity contribution in [3.8, 4) is 0 Å². The first-order chi connectivity index (χ1) is 10.0. The molecule has 0 amide bonds. The lowest BCUT2D eigenvalue weighted by atomic mass is 9.99. The maximum Gasteiger partial charge on any atom is 0.130 e. The van der Waals surface area contributed by atoms with Crippen LogP contribution in [0.15, 0.2) is 37.1 Å². The van der Waals surface area contributed by atoms with Gasteiger partial charge >= 0.3 is 0 Å². The number of nitrogens with one attached hydrogen (secondary N) is 1. The molecule has 1 atom stereocenters. The summed E-state index contributed by atoms with van der Waals surface area (Å²) in [4.78, 5) is 0. The lowest BCUT2D eigenvalue weighted by Gasteiger charge is -2.19. The zero-order chi connectivity index (χ0) is 15.8. The highest BCUT2D eigenvalue weighted by molar-refractivity contribution is 7.99. The molecular weight excluding hydrogens is 281 g/mol. The number of benzene rings is 1. The van der Waals surface area contributed by atoms with Crippen LogP contribution in [0, 0.1) is 5.82 Å². The molecule has 0 aliphatic carbocycles. The lowest BCUT2D eigenvalue weighted by molar-refractivity contribution is 0.621. The number of rotatable bonds is 9. The van der Waals surface area contributed by atoms with Gasteiger partial charge in [-0.1, -0.05) is 39.5 Å². The van der Waals surface area contributed by atoms with Crippen molar-refractivity contribution in [1.82, 2.24) is 5.32 Å². The molecule has 0 saturated carbocycles. The summed E-state index contributed by atoms with van der Waals surface area (Å²) in [6, 6.07) is 5.35. The van der Waals surface area contributed by atoms with Gasteiger partial charge < -0.3 is 5.32 Å². The van der Waals surface area contributed by atoms with E-state index in [0.717, 1.165) is 42.5 Å². The second-order valence-electron chi connectivity index (χ2n) is 5.20. The summed E-state index contributed by atoms with van der Waals surface area (Å²) in [5, 5.41) is 3.67. The Morgan fingerprint density at radius 2 is 2.05 bits per heavy atom. The van der Waals surface area contributed by atoms with Gasteiger partial charge in [0, 0.05) is 17.7 Å². The molecule has 0 aliphatic heterocycles. The molecule has 0 spiro atoms. The highest BCUT2D eigenvalue weighted by Gasteiger charge is 2.11. The predicted octanol–water partition coefficient (Wildman–Crippen LogP) is 5.38. The summed E-state index contributed by atoms with van der Waals surface area (Å²) >= 11 is 1.75. The topological polar surface area (TPSA) is 12.0 Å². The van der Waals surface area contributed by atoms with E-state index in [1.807, 2.05) is 12.1 Å². The van der Waals surface area contributed by atoms with Gasteiger partial charge in [-0.15, -0.1) is 11.8 Å². The average molecular weight is 307 g/mol. The SMILES string of the molecule is C=C(CC)NC(Cc1ccc(F)c(C(=C)CCC)c1)SC. The van der Waals surface area contributed by atoms with Crippen LogP contribution >= 0.6 is 11.8 Å². The van der Waals surface area contributed by atoms with Crippen molar-refractivity contribution in [2.45, 2.75) is 44.9 Å². The van der Waals surface area contributed by atoms with Crippen molar-refractivity contribution in [1.29, 1.82) is 0 Å². The largest absolute Gasteiger partial charge is 0.377 e. The van der Waals surface area contributed by atoms with Crippen molar-refractivity contribution in [3.05, 3.63) is 54.0 Å². The molecule has 1 nitrogen and oxygen atoms in total. The van der Waals surface area contributed by atoms with Gasteiger partial charge in [-0.05, 0) is 42.4 Å². The quantitative estimate of drug-likeness (QED) is 0.614. The first kappa shape index (κ1) is 17.8. The molecule has 1 aromatic carbocycles. The molecule has 0 radical (unpaired) electrons. The van der Waals surface area contributed by atoms with E-state index in [4.69, 9.17) is 0 Å². The van der Waals surface area contributed by atoms with Crippen LogP contribution in [-0.2, 0) is 6.42 Å². The van der Waals surface area contributed by atoms with E-state index in [9.17, 15) is 4.39 Å². The molecule has 1 N–H and O–H groups in total. The van der Waals surface area contributed by atoms with Crippen molar-refractivity contribution < 1.29 is 4.39 Å². The average Bonchev–Trinajstić information content (AvgIpc) is 2.48. The Bertz CT molecular complexity index is 496. The predicted molar refractivity (Wildman–Crippen MR) is 93.9 cm³/mol. The van der Waals surface area contributed by atoms with Crippen LogP contribution in [0.3, 0.4) is 0 Å². The third-order valence-electron chi connectivity index (χ3n) is 3.46. The molecule has 0 aliphatic rings. The van der Waals surface area contributed by atoms with E-state index in [1.165, 1.54) is 0 Å². The van der Waals surface area contributed by atoms with E-state index in [1.54, 1.807) is 17.8 Å². The minimum atomic E-state index is -0.177. The van der Waals surface area contributed by atoms with Gasteiger partial charge in [0.25, 0.3) is 0 Å². The second-order valence-corrected chi connectivity index (χ2v) is 6.24. The highest BCUT2D eigenvalue weighted by Crippen LogP contribution is 2.24. The molecule has 3 heteroatoms. The molecule has 1 aromatic rings. The summed E-state index contributed by atoms with van der Waals surface area (Å²) in [6.45, 7) is 12.2. The highest BCUT2D eigenvalue weighted by atomic mass is 32.2. The molecule has 0 heterocycles. The van der Waals surface area contributed by atoms with Gasteiger partial charge in [-0.3, -0.25) is 0 Å². The summed E-state index contributed by atoms with van der Waals surface area (Å²) in [7, 11) is 0. The van der Waals surface area contributed by atoms with Gasteiger partial charge in [0.05, 0.1) is 5.37 Å². The van der Waals surface area contributed by atoms with Gasteiger partial charge in [0.2, 0.25) is 0 Å². The van der Waals surface area contributed by atoms with Crippen molar-refractivity contribution >= 4 is 17.3 Å². The molecule has 0 saturated heterocycles. The summed E-state index contributed by atoms with van der Waals surface area (Å²) in [6.07, 6.45) is 5.64. The number of thioether (sulfide) groups is 1. The zero-order valence-corrected chi connectivity index (χ0v) is 14.2. The fourth-order valence-corrected chi connectivity index (χ4v) is 2.79. The molecule has 0 aromatic heterocycles. The van der Waals surface area contributed by atoms with Crippen LogP contribution < -0.4 is 5.32 Å². The molecule has 0 bridgehead atoms. The lowest BCUT2D eigenvalue weighted by Crippen LogP contribution is -2.26. The number of halogens is 1. The van der Waals surface area contributed by atoms with Crippen LogP contribution in [0.2, 0.25) is 0 Å². The Balaban J connectivity index is 2.85. The van der Waals surface area contributed by atoms with Crippen LogP contribution in [0.1, 0.15) is 44.2 Å². The zero-order valence-electron chi connectivity index (χ0n) is 13.3. The van der Waals surface area contributed by atoms with Crippen LogP contribution in [-0.4, -0.2) is 11.6 Å². The first-order valence-corrected chi connectivity index (χ1v) is 8.74. The monoisotopic (exact) mass is 307 g/mol. The fourth-order valence-electron chi connectivity index (χ4n) is 2.14. The summed E-state index contributed by atoms with van der Waals surface area (Å²) in [5.41, 5.74) is 3.69. The minimum Gasteiger partial charge on any atom is -0.377 e. The maximum absolute atomic E-state index is 13.9. The molecule has 21 heavy (non-hydrogen) atoms. The Kier molecular flexibility index (Phi) is 7.58. The van der Waals surface area contributed by atoms with Gasteiger partial charge in [-0.25, -0.2) is 4.39 Å². The summed E-state index contributed by atoms with van der Waals surface area (Å²) in [5.74, 6) is -0.177. The smallest absolute Gasteiger partial charge is 0.130 e. The second kappa shape index (κ2) is 8.93. The standard InChI is InChI=1S/C18H26FNS/c1-6-8-13(3)16-11-15(9-10-17(16)19)12-18(21-5)20-14(4)7-2/h9-11,18,20H,3-4,6-8,12H2,1-2,5H3. The third kappa shape index (κ3) is 5.58. The first-order valence-electron chi connectivity index (χ1n) is 7.45. The van der Waals surface area contributed by atoms with Gasteiger partial charge in [0.15, 0.2) is 0 Å². The van der Waals surface area contributed by atoms with Gasteiger partial charge in [-0.2, -0.15) is 0 Å². The van der Waals surface area contributed by atoms with Crippen molar-refractivity contribution in [2.75, 3.05) is 6.26 Å². The van der Waals surface area contributed by atoms with E-state index >= 15 is 0 Å². The fraction of sp³-hybridized carbons (Fsp3) is 0.444. The number of hydrogen-bond donors (Lipinski definition) is 1. The minimum absolute atomic E-state index is 0.177. The molecule has 0 fully saturated rings. The molecule has 1 rings (SSSR count). The molecule has 1 unspecified atom stereocenters. The Hall–Kier alpha value is -1.22. The van der Waals surface area contributed by atoms with Crippen LogP contribution in [0.25, 0.3) is 5.57 Å². The number of hydrogen-bond acceptors (Lipinski definition) is 2. The maximum atomic E-state index is 13.9. The van der Waals surface area contributed by atoms with E-state index in [-0.39, 0.29) is 11.2 Å².